The lowest BCUT2D eigenvalue weighted by molar-refractivity contribution is 0.545. The molecule has 0 aliphatic carbocycles. The Morgan fingerprint density at radius 2 is 1.84 bits per heavy atom. The molecule has 0 aliphatic rings. The zero-order valence-corrected chi connectivity index (χ0v) is 15.6. The quantitative estimate of drug-likeness (QED) is 0.708. The lowest BCUT2D eigenvalue weighted by Crippen LogP contribution is -2.34. The molecule has 7 heteroatoms. The van der Waals surface area contributed by atoms with Crippen LogP contribution in [0.15, 0.2) is 26.0 Å². The predicted molar refractivity (Wildman–Crippen MR) is 86.3 cm³/mol. The van der Waals surface area contributed by atoms with E-state index in [1.807, 2.05) is 13.8 Å². The Balaban J connectivity index is 3.04. The molecule has 19 heavy (non-hydrogen) atoms. The van der Waals surface area contributed by atoms with Gasteiger partial charge in [-0.2, -0.15) is 0 Å². The number of nitrogens with one attached hydrogen (secondary N) is 1. The molecule has 0 radical (unpaired) electrons. The maximum Gasteiger partial charge on any atom is 0.241 e. The van der Waals surface area contributed by atoms with E-state index in [0.29, 0.717) is 10.9 Å². The molecule has 1 rings (SSSR count). The second kappa shape index (κ2) is 6.89. The van der Waals surface area contributed by atoms with E-state index in [1.165, 1.54) is 0 Å². The second-order valence-electron chi connectivity index (χ2n) is 4.57. The molecule has 1 aromatic carbocycles. The van der Waals surface area contributed by atoms with Gasteiger partial charge >= 0.3 is 0 Å². The Hall–Kier alpha value is 0.380. The molecule has 2 unspecified atom stereocenters. The van der Waals surface area contributed by atoms with E-state index in [2.05, 4.69) is 36.6 Å². The third kappa shape index (κ3) is 5.01. The van der Waals surface area contributed by atoms with E-state index in [4.69, 9.17) is 11.6 Å². The molecule has 0 saturated carbocycles. The normalized spacial score (nSPS) is 15.3. The fourth-order valence-corrected chi connectivity index (χ4v) is 4.90. The van der Waals surface area contributed by atoms with Gasteiger partial charge in [-0.15, -0.1) is 11.6 Å². The largest absolute Gasteiger partial charge is 0.241 e. The second-order valence-corrected chi connectivity index (χ2v) is 8.71. The molecule has 108 valence electrons. The van der Waals surface area contributed by atoms with Gasteiger partial charge < -0.3 is 0 Å². The van der Waals surface area contributed by atoms with Gasteiger partial charge in [-0.25, -0.2) is 13.1 Å². The maximum absolute atomic E-state index is 12.3. The topological polar surface area (TPSA) is 46.2 Å². The van der Waals surface area contributed by atoms with E-state index in [1.54, 1.807) is 19.1 Å². The summed E-state index contributed by atoms with van der Waals surface area (Å²) >= 11 is 12.5. The van der Waals surface area contributed by atoms with Gasteiger partial charge in [0.1, 0.15) is 0 Å². The molecular weight excluding hydrogens is 417 g/mol. The van der Waals surface area contributed by atoms with E-state index in [9.17, 15) is 8.42 Å². The minimum atomic E-state index is -3.56. The van der Waals surface area contributed by atoms with Crippen LogP contribution in [0.1, 0.15) is 25.8 Å². The molecule has 0 fully saturated rings. The number of alkyl halides is 1. The molecule has 0 aliphatic heterocycles. The van der Waals surface area contributed by atoms with Gasteiger partial charge in [-0.1, -0.05) is 15.9 Å². The fourth-order valence-electron chi connectivity index (χ4n) is 1.70. The average molecular weight is 434 g/mol. The minimum Gasteiger partial charge on any atom is -0.208 e. The number of sulfonamides is 1. The average Bonchev–Trinajstić information content (AvgIpc) is 2.20. The van der Waals surface area contributed by atoms with Crippen LogP contribution < -0.4 is 4.72 Å². The summed E-state index contributed by atoms with van der Waals surface area (Å²) < 4.78 is 28.5. The van der Waals surface area contributed by atoms with Crippen LogP contribution >= 0.6 is 43.5 Å². The summed E-state index contributed by atoms with van der Waals surface area (Å²) in [7, 11) is -3.56. The Labute approximate surface area is 136 Å². The smallest absolute Gasteiger partial charge is 0.208 e. The van der Waals surface area contributed by atoms with Gasteiger partial charge in [0.25, 0.3) is 0 Å². The van der Waals surface area contributed by atoms with Crippen molar-refractivity contribution in [3.8, 4) is 0 Å². The van der Waals surface area contributed by atoms with Gasteiger partial charge in [0.05, 0.1) is 4.90 Å². The van der Waals surface area contributed by atoms with Crippen molar-refractivity contribution < 1.29 is 8.42 Å². The molecule has 0 heterocycles. The summed E-state index contributed by atoms with van der Waals surface area (Å²) in [5.74, 6) is 0. The van der Waals surface area contributed by atoms with Gasteiger partial charge in [0, 0.05) is 20.4 Å². The number of hydrogen-bond donors (Lipinski definition) is 1. The number of halogens is 3. The Bertz CT molecular complexity index is 561. The van der Waals surface area contributed by atoms with Gasteiger partial charge in [-0.05, 0) is 60.8 Å². The molecule has 0 aromatic heterocycles. The first kappa shape index (κ1) is 17.4. The van der Waals surface area contributed by atoms with Crippen molar-refractivity contribution in [2.75, 3.05) is 0 Å². The zero-order valence-electron chi connectivity index (χ0n) is 10.9. The van der Waals surface area contributed by atoms with E-state index in [0.717, 1.165) is 10.0 Å². The SMILES string of the molecule is Cc1cc(Br)c(S(=O)(=O)NC(C)CC(C)Cl)cc1Br. The van der Waals surface area contributed by atoms with Gasteiger partial charge in [0.2, 0.25) is 10.0 Å². The van der Waals surface area contributed by atoms with E-state index < -0.39 is 10.0 Å². The van der Waals surface area contributed by atoms with Crippen LogP contribution in [0.5, 0.6) is 0 Å². The van der Waals surface area contributed by atoms with Crippen molar-refractivity contribution in [2.45, 2.75) is 43.5 Å². The summed E-state index contributed by atoms with van der Waals surface area (Å²) in [6.07, 6.45) is 0.575. The van der Waals surface area contributed by atoms with Crippen LogP contribution in [0.2, 0.25) is 0 Å². The Morgan fingerprint density at radius 1 is 1.26 bits per heavy atom. The molecule has 0 saturated heterocycles. The monoisotopic (exact) mass is 431 g/mol. The Kier molecular flexibility index (Phi) is 6.32. The highest BCUT2D eigenvalue weighted by Gasteiger charge is 2.21. The minimum absolute atomic E-state index is 0.0779. The van der Waals surface area contributed by atoms with E-state index >= 15 is 0 Å². The summed E-state index contributed by atoms with van der Waals surface area (Å²) in [6, 6.07) is 3.15. The van der Waals surface area contributed by atoms with Crippen LogP contribution in [0.4, 0.5) is 0 Å². The van der Waals surface area contributed by atoms with Crippen molar-refractivity contribution in [1.29, 1.82) is 0 Å². The number of rotatable bonds is 5. The van der Waals surface area contributed by atoms with Crippen LogP contribution in [-0.2, 0) is 10.0 Å². The third-order valence-corrected chi connectivity index (χ3v) is 6.12. The molecule has 1 N–H and O–H groups in total. The highest BCUT2D eigenvalue weighted by molar-refractivity contribution is 9.11. The number of benzene rings is 1. The van der Waals surface area contributed by atoms with Crippen LogP contribution in [0.25, 0.3) is 0 Å². The van der Waals surface area contributed by atoms with Crippen molar-refractivity contribution in [3.05, 3.63) is 26.6 Å². The molecule has 3 nitrogen and oxygen atoms in total. The van der Waals surface area contributed by atoms with Crippen molar-refractivity contribution in [1.82, 2.24) is 4.72 Å². The fraction of sp³-hybridized carbons (Fsp3) is 0.500. The molecule has 2 atom stereocenters. The highest BCUT2D eigenvalue weighted by Crippen LogP contribution is 2.29. The molecule has 0 amide bonds. The summed E-state index contributed by atoms with van der Waals surface area (Å²) in [6.45, 7) is 5.54. The molecule has 0 spiro atoms. The first-order valence-corrected chi connectivity index (χ1v) is 9.26. The van der Waals surface area contributed by atoms with Gasteiger partial charge in [-0.3, -0.25) is 0 Å². The molecule has 0 bridgehead atoms. The van der Waals surface area contributed by atoms with E-state index in [-0.39, 0.29) is 16.3 Å². The lowest BCUT2D eigenvalue weighted by atomic mass is 10.2. The summed E-state index contributed by atoms with van der Waals surface area (Å²) in [5.41, 5.74) is 0.966. The molecular formula is C12H16Br2ClNO2S. The number of hydrogen-bond acceptors (Lipinski definition) is 2. The predicted octanol–water partition coefficient (Wildman–Crippen LogP) is 4.20. The summed E-state index contributed by atoms with van der Waals surface area (Å²) in [4.78, 5) is 0.221. The first-order chi connectivity index (χ1) is 8.63. The van der Waals surface area contributed by atoms with Crippen molar-refractivity contribution >= 4 is 53.5 Å². The highest BCUT2D eigenvalue weighted by atomic mass is 79.9. The standard InChI is InChI=1S/C12H16Br2ClNO2S/c1-7-4-11(14)12(6-10(7)13)19(17,18)16-9(3)5-8(2)15/h4,6,8-9,16H,5H2,1-3H3. The third-order valence-electron chi connectivity index (χ3n) is 2.54. The maximum atomic E-state index is 12.3. The van der Waals surface area contributed by atoms with Gasteiger partial charge in [0.15, 0.2) is 0 Å². The van der Waals surface area contributed by atoms with Crippen LogP contribution in [-0.4, -0.2) is 19.8 Å². The van der Waals surface area contributed by atoms with Crippen molar-refractivity contribution in [2.24, 2.45) is 0 Å². The zero-order chi connectivity index (χ0) is 14.8. The van der Waals surface area contributed by atoms with Crippen LogP contribution in [0, 0.1) is 6.92 Å². The first-order valence-electron chi connectivity index (χ1n) is 5.75. The number of aryl methyl sites for hydroxylation is 1. The summed E-state index contributed by atoms with van der Waals surface area (Å²) in [5, 5.41) is -0.0779. The van der Waals surface area contributed by atoms with Crippen LogP contribution in [0.3, 0.4) is 0 Å². The Morgan fingerprint density at radius 3 is 2.37 bits per heavy atom. The molecule has 1 aromatic rings. The lowest BCUT2D eigenvalue weighted by Gasteiger charge is -2.16. The van der Waals surface area contributed by atoms with Crippen molar-refractivity contribution in [3.63, 3.8) is 0 Å².